The summed E-state index contributed by atoms with van der Waals surface area (Å²) in [5, 5.41) is 2.99. The maximum atomic E-state index is 12.4. The van der Waals surface area contributed by atoms with Crippen molar-refractivity contribution in [2.24, 2.45) is 0 Å². The highest BCUT2D eigenvalue weighted by atomic mass is 16.5. The van der Waals surface area contributed by atoms with E-state index in [1.54, 1.807) is 0 Å². The van der Waals surface area contributed by atoms with Crippen molar-refractivity contribution in [2.75, 3.05) is 50.1 Å². The molecule has 0 unspecified atom stereocenters. The fourth-order valence-corrected chi connectivity index (χ4v) is 3.55. The molecule has 3 rings (SSSR count). The number of nitrogens with one attached hydrogen (secondary N) is 1. The SMILES string of the molecule is Cc1cc(C)cc(CN(C)CC(=O)Nc2ccc(N3CCOCC3)cc2)c1. The van der Waals surface area contributed by atoms with Crippen molar-refractivity contribution in [1.29, 1.82) is 0 Å². The minimum absolute atomic E-state index is 0.000924. The molecule has 0 bridgehead atoms. The number of morpholine rings is 1. The zero-order valence-electron chi connectivity index (χ0n) is 16.5. The van der Waals surface area contributed by atoms with Crippen molar-refractivity contribution in [2.45, 2.75) is 20.4 Å². The monoisotopic (exact) mass is 367 g/mol. The number of hydrogen-bond acceptors (Lipinski definition) is 4. The van der Waals surface area contributed by atoms with E-state index in [1.807, 2.05) is 24.1 Å². The van der Waals surface area contributed by atoms with Gasteiger partial charge in [-0.05, 0) is 50.7 Å². The molecule has 2 aromatic rings. The second kappa shape index (κ2) is 9.02. The molecule has 1 saturated heterocycles. The molecule has 1 aliphatic heterocycles. The molecule has 0 aromatic heterocycles. The van der Waals surface area contributed by atoms with Gasteiger partial charge in [0.25, 0.3) is 0 Å². The van der Waals surface area contributed by atoms with E-state index in [0.29, 0.717) is 6.54 Å². The molecule has 0 atom stereocenters. The van der Waals surface area contributed by atoms with Gasteiger partial charge < -0.3 is 15.0 Å². The standard InChI is InChI=1S/C22H29N3O2/c1-17-12-18(2)14-19(13-17)15-24(3)16-22(26)23-20-4-6-21(7-5-20)25-8-10-27-11-9-25/h4-7,12-14H,8-11,15-16H2,1-3H3,(H,23,26). The van der Waals surface area contributed by atoms with Crippen LogP contribution in [0.15, 0.2) is 42.5 Å². The predicted octanol–water partition coefficient (Wildman–Crippen LogP) is 3.21. The summed E-state index contributed by atoms with van der Waals surface area (Å²) in [5.41, 5.74) is 5.74. The zero-order valence-corrected chi connectivity index (χ0v) is 16.5. The van der Waals surface area contributed by atoms with Gasteiger partial charge in [0, 0.05) is 31.0 Å². The van der Waals surface area contributed by atoms with Crippen LogP contribution in [0.1, 0.15) is 16.7 Å². The van der Waals surface area contributed by atoms with Gasteiger partial charge in [0.1, 0.15) is 0 Å². The molecule has 2 aromatic carbocycles. The number of ether oxygens (including phenoxy) is 1. The molecule has 144 valence electrons. The van der Waals surface area contributed by atoms with Gasteiger partial charge in [-0.2, -0.15) is 0 Å². The summed E-state index contributed by atoms with van der Waals surface area (Å²) in [6, 6.07) is 14.5. The third-order valence-electron chi connectivity index (χ3n) is 4.67. The molecule has 1 N–H and O–H groups in total. The molecule has 5 heteroatoms. The Morgan fingerprint density at radius 3 is 2.33 bits per heavy atom. The number of nitrogens with zero attached hydrogens (tertiary/aromatic N) is 2. The van der Waals surface area contributed by atoms with Gasteiger partial charge in [0.2, 0.25) is 5.91 Å². The van der Waals surface area contributed by atoms with E-state index in [2.05, 4.69) is 54.4 Å². The number of hydrogen-bond donors (Lipinski definition) is 1. The molecular weight excluding hydrogens is 338 g/mol. The lowest BCUT2D eigenvalue weighted by atomic mass is 10.1. The average molecular weight is 367 g/mol. The number of carbonyl (C=O) groups excluding carboxylic acids is 1. The Labute approximate surface area is 161 Å². The fourth-order valence-electron chi connectivity index (χ4n) is 3.55. The third-order valence-corrected chi connectivity index (χ3v) is 4.67. The predicted molar refractivity (Wildman–Crippen MR) is 110 cm³/mol. The van der Waals surface area contributed by atoms with E-state index < -0.39 is 0 Å². The third kappa shape index (κ3) is 5.81. The average Bonchev–Trinajstić information content (AvgIpc) is 2.62. The van der Waals surface area contributed by atoms with Crippen molar-refractivity contribution in [3.63, 3.8) is 0 Å². The number of anilines is 2. The van der Waals surface area contributed by atoms with Crippen molar-refractivity contribution >= 4 is 17.3 Å². The Bertz CT molecular complexity index is 747. The molecule has 27 heavy (non-hydrogen) atoms. The summed E-state index contributed by atoms with van der Waals surface area (Å²) in [4.78, 5) is 16.7. The molecule has 0 spiro atoms. The normalized spacial score (nSPS) is 14.4. The number of benzene rings is 2. The summed E-state index contributed by atoms with van der Waals surface area (Å²) in [6.45, 7) is 8.68. The minimum atomic E-state index is 0.000924. The molecule has 0 aliphatic carbocycles. The van der Waals surface area contributed by atoms with Gasteiger partial charge in [-0.3, -0.25) is 9.69 Å². The van der Waals surface area contributed by atoms with E-state index in [0.717, 1.165) is 38.5 Å². The van der Waals surface area contributed by atoms with Crippen molar-refractivity contribution in [1.82, 2.24) is 4.90 Å². The second-order valence-electron chi connectivity index (χ2n) is 7.36. The van der Waals surface area contributed by atoms with Crippen LogP contribution in [0.5, 0.6) is 0 Å². The van der Waals surface area contributed by atoms with E-state index >= 15 is 0 Å². The first-order valence-corrected chi connectivity index (χ1v) is 9.48. The summed E-state index contributed by atoms with van der Waals surface area (Å²) in [6.07, 6.45) is 0. The van der Waals surface area contributed by atoms with Crippen molar-refractivity contribution in [3.8, 4) is 0 Å². The summed E-state index contributed by atoms with van der Waals surface area (Å²) >= 11 is 0. The van der Waals surface area contributed by atoms with Gasteiger partial charge >= 0.3 is 0 Å². The molecular formula is C22H29N3O2. The summed E-state index contributed by atoms with van der Waals surface area (Å²) in [7, 11) is 1.97. The summed E-state index contributed by atoms with van der Waals surface area (Å²) in [5.74, 6) is 0.000924. The van der Waals surface area contributed by atoms with E-state index in [4.69, 9.17) is 4.74 Å². The van der Waals surface area contributed by atoms with E-state index in [1.165, 1.54) is 22.4 Å². The first-order chi connectivity index (χ1) is 13.0. The van der Waals surface area contributed by atoms with Gasteiger partial charge in [-0.25, -0.2) is 0 Å². The van der Waals surface area contributed by atoms with Gasteiger partial charge in [-0.1, -0.05) is 29.3 Å². The molecule has 0 saturated carbocycles. The van der Waals surface area contributed by atoms with Crippen LogP contribution in [0.4, 0.5) is 11.4 Å². The molecule has 1 heterocycles. The van der Waals surface area contributed by atoms with Crippen LogP contribution in [0.3, 0.4) is 0 Å². The molecule has 1 amide bonds. The van der Waals surface area contributed by atoms with Gasteiger partial charge in [-0.15, -0.1) is 0 Å². The van der Waals surface area contributed by atoms with Crippen LogP contribution in [-0.2, 0) is 16.1 Å². The van der Waals surface area contributed by atoms with Crippen LogP contribution < -0.4 is 10.2 Å². The molecule has 1 aliphatic rings. The van der Waals surface area contributed by atoms with Crippen LogP contribution in [0.25, 0.3) is 0 Å². The number of amides is 1. The van der Waals surface area contributed by atoms with Crippen molar-refractivity contribution in [3.05, 3.63) is 59.2 Å². The maximum Gasteiger partial charge on any atom is 0.238 e. The Balaban J connectivity index is 1.50. The van der Waals surface area contributed by atoms with E-state index in [-0.39, 0.29) is 5.91 Å². The Morgan fingerprint density at radius 2 is 1.70 bits per heavy atom. The highest BCUT2D eigenvalue weighted by Crippen LogP contribution is 2.19. The van der Waals surface area contributed by atoms with Gasteiger partial charge in [0.05, 0.1) is 19.8 Å². The number of rotatable bonds is 6. The van der Waals surface area contributed by atoms with Crippen LogP contribution >= 0.6 is 0 Å². The zero-order chi connectivity index (χ0) is 19.2. The largest absolute Gasteiger partial charge is 0.378 e. The fraction of sp³-hybridized carbons (Fsp3) is 0.409. The lowest BCUT2D eigenvalue weighted by Gasteiger charge is -2.28. The summed E-state index contributed by atoms with van der Waals surface area (Å²) < 4.78 is 5.39. The second-order valence-corrected chi connectivity index (χ2v) is 7.36. The maximum absolute atomic E-state index is 12.4. The molecule has 1 fully saturated rings. The van der Waals surface area contributed by atoms with Crippen LogP contribution in [0, 0.1) is 13.8 Å². The van der Waals surface area contributed by atoms with Crippen molar-refractivity contribution < 1.29 is 9.53 Å². The Kier molecular flexibility index (Phi) is 6.48. The molecule has 0 radical (unpaired) electrons. The number of carbonyl (C=O) groups is 1. The van der Waals surface area contributed by atoms with Crippen LogP contribution in [0.2, 0.25) is 0 Å². The number of likely N-dealkylation sites (N-methyl/N-ethyl adjacent to an activating group) is 1. The Morgan fingerprint density at radius 1 is 1.07 bits per heavy atom. The van der Waals surface area contributed by atoms with E-state index in [9.17, 15) is 4.79 Å². The topological polar surface area (TPSA) is 44.8 Å². The first-order valence-electron chi connectivity index (χ1n) is 9.48. The smallest absolute Gasteiger partial charge is 0.238 e. The highest BCUT2D eigenvalue weighted by Gasteiger charge is 2.12. The highest BCUT2D eigenvalue weighted by molar-refractivity contribution is 5.92. The lowest BCUT2D eigenvalue weighted by Crippen LogP contribution is -2.36. The lowest BCUT2D eigenvalue weighted by molar-refractivity contribution is -0.117. The quantitative estimate of drug-likeness (QED) is 0.852. The Hall–Kier alpha value is -2.37. The molecule has 5 nitrogen and oxygen atoms in total. The van der Waals surface area contributed by atoms with Crippen LogP contribution in [-0.4, -0.2) is 50.7 Å². The van der Waals surface area contributed by atoms with Gasteiger partial charge in [0.15, 0.2) is 0 Å². The number of aryl methyl sites for hydroxylation is 2. The minimum Gasteiger partial charge on any atom is -0.378 e. The first kappa shape index (κ1) is 19.4.